The second-order valence-corrected chi connectivity index (χ2v) is 7.30. The van der Waals surface area contributed by atoms with Gasteiger partial charge in [-0.05, 0) is 37.5 Å². The van der Waals surface area contributed by atoms with Gasteiger partial charge < -0.3 is 20.1 Å². The second kappa shape index (κ2) is 10.8. The fourth-order valence-corrected chi connectivity index (χ4v) is 3.55. The molecule has 2 aromatic carbocycles. The lowest BCUT2D eigenvalue weighted by atomic mass is 9.89. The Labute approximate surface area is 172 Å². The summed E-state index contributed by atoms with van der Waals surface area (Å²) >= 11 is 0. The number of halogens is 1. The maximum absolute atomic E-state index is 13.7. The molecule has 0 spiro atoms. The number of ether oxygens (including phenoxy) is 2. The smallest absolute Gasteiger partial charge is 0.191 e. The van der Waals surface area contributed by atoms with Gasteiger partial charge in [0, 0.05) is 26.1 Å². The van der Waals surface area contributed by atoms with Crippen molar-refractivity contribution < 1.29 is 13.9 Å². The summed E-state index contributed by atoms with van der Waals surface area (Å²) in [6.07, 6.45) is 2.06. The molecule has 0 amide bonds. The molecule has 1 aliphatic rings. The quantitative estimate of drug-likeness (QED) is 0.547. The molecule has 5 nitrogen and oxygen atoms in total. The van der Waals surface area contributed by atoms with E-state index in [4.69, 9.17) is 9.47 Å². The maximum Gasteiger partial charge on any atom is 0.191 e. The van der Waals surface area contributed by atoms with E-state index in [0.717, 1.165) is 26.0 Å². The molecule has 3 rings (SSSR count). The topological polar surface area (TPSA) is 54.9 Å². The van der Waals surface area contributed by atoms with E-state index in [1.54, 1.807) is 25.2 Å². The van der Waals surface area contributed by atoms with Gasteiger partial charge in [0.15, 0.2) is 17.5 Å². The van der Waals surface area contributed by atoms with Crippen molar-refractivity contribution in [1.82, 2.24) is 10.6 Å². The second-order valence-electron chi connectivity index (χ2n) is 7.30. The third-order valence-corrected chi connectivity index (χ3v) is 5.05. The molecular weight excluding hydrogens is 369 g/mol. The number of nitrogens with zero attached hydrogens (tertiary/aromatic N) is 1. The highest BCUT2D eigenvalue weighted by Crippen LogP contribution is 2.33. The number of benzene rings is 2. The van der Waals surface area contributed by atoms with Crippen LogP contribution in [0.3, 0.4) is 0 Å². The Kier molecular flexibility index (Phi) is 7.87. The molecule has 1 saturated heterocycles. The average molecular weight is 400 g/mol. The van der Waals surface area contributed by atoms with Crippen LogP contribution in [0.25, 0.3) is 0 Å². The van der Waals surface area contributed by atoms with Crippen LogP contribution in [0.15, 0.2) is 59.6 Å². The maximum atomic E-state index is 13.7. The lowest BCUT2D eigenvalue weighted by molar-refractivity contribution is -0.0265. The van der Waals surface area contributed by atoms with Gasteiger partial charge in [0.1, 0.15) is 6.10 Å². The van der Waals surface area contributed by atoms with Crippen molar-refractivity contribution in [3.8, 4) is 5.75 Å². The molecule has 1 aliphatic heterocycles. The van der Waals surface area contributed by atoms with Crippen LogP contribution >= 0.6 is 0 Å². The van der Waals surface area contributed by atoms with Gasteiger partial charge in [0.2, 0.25) is 0 Å². The molecule has 2 aromatic rings. The Hall–Kier alpha value is -2.60. The zero-order chi connectivity index (χ0) is 20.5. The Morgan fingerprint density at radius 2 is 1.93 bits per heavy atom. The monoisotopic (exact) mass is 399 g/mol. The van der Waals surface area contributed by atoms with E-state index in [2.05, 4.69) is 39.9 Å². The molecule has 2 N–H and O–H groups in total. The first-order valence-electron chi connectivity index (χ1n) is 10.2. The van der Waals surface area contributed by atoms with Gasteiger partial charge in [-0.15, -0.1) is 0 Å². The largest absolute Gasteiger partial charge is 0.486 e. The number of hydrogen-bond donors (Lipinski definition) is 2. The number of hydrogen-bond acceptors (Lipinski definition) is 3. The highest BCUT2D eigenvalue weighted by molar-refractivity contribution is 5.79. The summed E-state index contributed by atoms with van der Waals surface area (Å²) in [5.74, 6) is 0.976. The lowest BCUT2D eigenvalue weighted by Gasteiger charge is -2.32. The fraction of sp³-hybridized carbons (Fsp3) is 0.435. The molecule has 156 valence electrons. The minimum absolute atomic E-state index is 0.0962. The van der Waals surface area contributed by atoms with E-state index in [9.17, 15) is 4.39 Å². The summed E-state index contributed by atoms with van der Waals surface area (Å²) in [5.41, 5.74) is 1.22. The van der Waals surface area contributed by atoms with E-state index in [0.29, 0.717) is 18.4 Å². The highest BCUT2D eigenvalue weighted by atomic mass is 19.1. The molecule has 29 heavy (non-hydrogen) atoms. The SMILES string of the molecule is CN=C(NCC(C)Oc1ccccc1F)NCC1CCCOC1c1ccccc1. The molecule has 1 fully saturated rings. The molecule has 6 heteroatoms. The van der Waals surface area contributed by atoms with Gasteiger partial charge in [-0.2, -0.15) is 0 Å². The van der Waals surface area contributed by atoms with E-state index < -0.39 is 0 Å². The number of rotatable bonds is 7. The van der Waals surface area contributed by atoms with E-state index in [1.165, 1.54) is 11.6 Å². The first-order valence-corrected chi connectivity index (χ1v) is 10.2. The zero-order valence-electron chi connectivity index (χ0n) is 17.1. The molecule has 1 heterocycles. The predicted molar refractivity (Wildman–Crippen MR) is 114 cm³/mol. The Balaban J connectivity index is 1.48. The number of nitrogens with one attached hydrogen (secondary N) is 2. The van der Waals surface area contributed by atoms with Gasteiger partial charge in [-0.1, -0.05) is 42.5 Å². The molecule has 0 saturated carbocycles. The minimum Gasteiger partial charge on any atom is -0.486 e. The van der Waals surface area contributed by atoms with Crippen molar-refractivity contribution >= 4 is 5.96 Å². The van der Waals surface area contributed by atoms with Crippen LogP contribution in [0.2, 0.25) is 0 Å². The van der Waals surface area contributed by atoms with Gasteiger partial charge >= 0.3 is 0 Å². The van der Waals surface area contributed by atoms with Crippen LogP contribution in [0, 0.1) is 11.7 Å². The van der Waals surface area contributed by atoms with Crippen molar-refractivity contribution in [2.45, 2.75) is 32.0 Å². The first kappa shape index (κ1) is 21.1. The molecule has 0 aliphatic carbocycles. The Bertz CT molecular complexity index is 785. The first-order chi connectivity index (χ1) is 14.2. The van der Waals surface area contributed by atoms with Crippen LogP contribution in [0.1, 0.15) is 31.4 Å². The third kappa shape index (κ3) is 6.19. The van der Waals surface area contributed by atoms with Crippen LogP contribution in [0.4, 0.5) is 4.39 Å². The van der Waals surface area contributed by atoms with Crippen molar-refractivity contribution in [3.05, 3.63) is 66.0 Å². The normalized spacial score (nSPS) is 20.7. The van der Waals surface area contributed by atoms with Crippen LogP contribution < -0.4 is 15.4 Å². The van der Waals surface area contributed by atoms with Crippen molar-refractivity contribution in [2.75, 3.05) is 26.7 Å². The standard InChI is InChI=1S/C23H30FN3O2/c1-17(29-21-13-7-6-12-20(21)24)15-26-23(25-2)27-16-19-11-8-14-28-22(19)18-9-4-3-5-10-18/h3-7,9-10,12-13,17,19,22H,8,11,14-16H2,1-2H3,(H2,25,26,27). The average Bonchev–Trinajstić information content (AvgIpc) is 2.76. The third-order valence-electron chi connectivity index (χ3n) is 5.05. The summed E-state index contributed by atoms with van der Waals surface area (Å²) in [7, 11) is 1.74. The van der Waals surface area contributed by atoms with E-state index in [1.807, 2.05) is 13.0 Å². The predicted octanol–water partition coefficient (Wildman–Crippen LogP) is 3.93. The molecule has 3 atom stereocenters. The Morgan fingerprint density at radius 3 is 2.69 bits per heavy atom. The summed E-state index contributed by atoms with van der Waals surface area (Å²) in [4.78, 5) is 4.29. The molecule has 3 unspecified atom stereocenters. The number of aliphatic imine (C=N–C) groups is 1. The Morgan fingerprint density at radius 1 is 1.17 bits per heavy atom. The summed E-state index contributed by atoms with van der Waals surface area (Å²) in [5, 5.41) is 6.65. The number of guanidine groups is 1. The van der Waals surface area contributed by atoms with E-state index in [-0.39, 0.29) is 23.8 Å². The van der Waals surface area contributed by atoms with Gasteiger partial charge in [-0.3, -0.25) is 4.99 Å². The van der Waals surface area contributed by atoms with Crippen LogP contribution in [-0.4, -0.2) is 38.8 Å². The lowest BCUT2D eigenvalue weighted by Crippen LogP contribution is -2.44. The van der Waals surface area contributed by atoms with Gasteiger partial charge in [-0.25, -0.2) is 4.39 Å². The van der Waals surface area contributed by atoms with Crippen LogP contribution in [-0.2, 0) is 4.74 Å². The minimum atomic E-state index is -0.355. The van der Waals surface area contributed by atoms with Gasteiger partial charge in [0.05, 0.1) is 12.6 Å². The van der Waals surface area contributed by atoms with Gasteiger partial charge in [0.25, 0.3) is 0 Å². The summed E-state index contributed by atoms with van der Waals surface area (Å²) in [6, 6.07) is 16.8. The highest BCUT2D eigenvalue weighted by Gasteiger charge is 2.27. The molecule has 0 radical (unpaired) electrons. The molecular formula is C23H30FN3O2. The van der Waals surface area contributed by atoms with Crippen molar-refractivity contribution in [3.63, 3.8) is 0 Å². The summed E-state index contributed by atoms with van der Waals surface area (Å²) in [6.45, 7) is 3.97. The van der Waals surface area contributed by atoms with Crippen LogP contribution in [0.5, 0.6) is 5.75 Å². The van der Waals surface area contributed by atoms with Crippen molar-refractivity contribution in [2.24, 2.45) is 10.9 Å². The summed E-state index contributed by atoms with van der Waals surface area (Å²) < 4.78 is 25.5. The molecule has 0 aromatic heterocycles. The zero-order valence-corrected chi connectivity index (χ0v) is 17.1. The van der Waals surface area contributed by atoms with Crippen molar-refractivity contribution in [1.29, 1.82) is 0 Å². The fourth-order valence-electron chi connectivity index (χ4n) is 3.55. The van der Waals surface area contributed by atoms with E-state index >= 15 is 0 Å². The number of para-hydroxylation sites is 1. The molecule has 0 bridgehead atoms.